The predicted octanol–water partition coefficient (Wildman–Crippen LogP) is 2.22. The molecule has 0 radical (unpaired) electrons. The van der Waals surface area contributed by atoms with Gasteiger partial charge in [0, 0.05) is 50.8 Å². The average molecular weight is 330 g/mol. The molecule has 5 rings (SSSR count). The highest BCUT2D eigenvalue weighted by Gasteiger charge is 2.37. The molecular formula is C17H22N4OS. The number of carbonyl (C=O) groups excluding carboxylic acids is 1. The molecule has 5 nitrogen and oxygen atoms in total. The van der Waals surface area contributed by atoms with Crippen molar-refractivity contribution in [1.29, 1.82) is 0 Å². The summed E-state index contributed by atoms with van der Waals surface area (Å²) >= 11 is 1.65. The minimum atomic E-state index is 0.183. The number of aryl methyl sites for hydroxylation is 1. The first-order valence-corrected chi connectivity index (χ1v) is 9.16. The van der Waals surface area contributed by atoms with Gasteiger partial charge in [-0.15, -0.1) is 11.3 Å². The van der Waals surface area contributed by atoms with E-state index in [0.29, 0.717) is 12.0 Å². The summed E-state index contributed by atoms with van der Waals surface area (Å²) in [5.74, 6) is 0.763. The quantitative estimate of drug-likeness (QED) is 0.866. The minimum absolute atomic E-state index is 0.183. The molecule has 0 saturated carbocycles. The number of hydrogen-bond acceptors (Lipinski definition) is 4. The van der Waals surface area contributed by atoms with Crippen LogP contribution in [0.2, 0.25) is 0 Å². The van der Waals surface area contributed by atoms with Crippen LogP contribution in [0, 0.1) is 5.92 Å². The Labute approximate surface area is 140 Å². The van der Waals surface area contributed by atoms with E-state index in [1.807, 2.05) is 35.5 Å². The lowest BCUT2D eigenvalue weighted by molar-refractivity contribution is 0.0575. The average Bonchev–Trinajstić information content (AvgIpc) is 3.11. The summed E-state index contributed by atoms with van der Waals surface area (Å²) in [6.07, 6.45) is 4.29. The third-order valence-electron chi connectivity index (χ3n) is 5.08. The molecule has 0 aromatic carbocycles. The molecule has 6 heteroatoms. The Morgan fingerprint density at radius 3 is 3.00 bits per heavy atom. The van der Waals surface area contributed by atoms with Crippen molar-refractivity contribution in [2.75, 3.05) is 19.6 Å². The maximum absolute atomic E-state index is 12.9. The highest BCUT2D eigenvalue weighted by Crippen LogP contribution is 2.30. The number of amides is 1. The summed E-state index contributed by atoms with van der Waals surface area (Å²) in [5.41, 5.74) is 3.84. The fourth-order valence-electron chi connectivity index (χ4n) is 3.93. The van der Waals surface area contributed by atoms with Crippen LogP contribution in [0.5, 0.6) is 0 Å². The normalized spacial score (nSPS) is 24.8. The SMILES string of the molecule is Cn1cccc1C(=O)N1C[C@H]2CC[C@@H]1CN(Cc1cscn1)C2. The van der Waals surface area contributed by atoms with Crippen molar-refractivity contribution in [3.63, 3.8) is 0 Å². The molecule has 122 valence electrons. The summed E-state index contributed by atoms with van der Waals surface area (Å²) in [4.78, 5) is 21.9. The first-order chi connectivity index (χ1) is 11.2. The molecule has 2 aromatic rings. The van der Waals surface area contributed by atoms with Gasteiger partial charge in [0.05, 0.1) is 11.2 Å². The Bertz CT molecular complexity index is 681. The number of aromatic nitrogens is 2. The first-order valence-electron chi connectivity index (χ1n) is 8.22. The van der Waals surface area contributed by atoms with Gasteiger partial charge in [-0.3, -0.25) is 9.69 Å². The van der Waals surface area contributed by atoms with Crippen LogP contribution in [-0.4, -0.2) is 50.9 Å². The Kier molecular flexibility index (Phi) is 3.95. The number of thiazole rings is 1. The van der Waals surface area contributed by atoms with Crippen LogP contribution in [0.3, 0.4) is 0 Å². The van der Waals surface area contributed by atoms with E-state index in [9.17, 15) is 4.79 Å². The Morgan fingerprint density at radius 1 is 1.35 bits per heavy atom. The van der Waals surface area contributed by atoms with Gasteiger partial charge in [-0.2, -0.15) is 0 Å². The molecule has 3 aliphatic rings. The Balaban J connectivity index is 1.51. The van der Waals surface area contributed by atoms with Crippen LogP contribution >= 0.6 is 11.3 Å². The fraction of sp³-hybridized carbons (Fsp3) is 0.529. The Hall–Kier alpha value is -1.66. The summed E-state index contributed by atoms with van der Waals surface area (Å²) in [5, 5.41) is 2.12. The first kappa shape index (κ1) is 14.9. The largest absolute Gasteiger partial charge is 0.347 e. The number of nitrogens with zero attached hydrogens (tertiary/aromatic N) is 4. The smallest absolute Gasteiger partial charge is 0.270 e. The molecule has 0 spiro atoms. The molecular weight excluding hydrogens is 308 g/mol. The topological polar surface area (TPSA) is 41.4 Å². The summed E-state index contributed by atoms with van der Waals surface area (Å²) in [6.45, 7) is 3.83. The molecule has 2 aromatic heterocycles. The van der Waals surface area contributed by atoms with Crippen LogP contribution < -0.4 is 0 Å². The van der Waals surface area contributed by atoms with Crippen LogP contribution in [0.1, 0.15) is 29.0 Å². The molecule has 0 aliphatic carbocycles. The van der Waals surface area contributed by atoms with E-state index in [1.54, 1.807) is 11.3 Å². The zero-order valence-corrected chi connectivity index (χ0v) is 14.2. The van der Waals surface area contributed by atoms with Crippen molar-refractivity contribution < 1.29 is 4.79 Å². The van der Waals surface area contributed by atoms with Crippen LogP contribution in [0.4, 0.5) is 0 Å². The molecule has 2 atom stereocenters. The fourth-order valence-corrected chi connectivity index (χ4v) is 4.48. The van der Waals surface area contributed by atoms with E-state index in [1.165, 1.54) is 6.42 Å². The van der Waals surface area contributed by atoms with Crippen molar-refractivity contribution in [1.82, 2.24) is 19.4 Å². The van der Waals surface area contributed by atoms with E-state index in [0.717, 1.165) is 44.0 Å². The lowest BCUT2D eigenvalue weighted by Crippen LogP contribution is -2.47. The lowest BCUT2D eigenvalue weighted by Gasteiger charge is -2.36. The molecule has 3 saturated heterocycles. The van der Waals surface area contributed by atoms with Gasteiger partial charge in [-0.25, -0.2) is 4.98 Å². The maximum Gasteiger partial charge on any atom is 0.270 e. The van der Waals surface area contributed by atoms with Crippen molar-refractivity contribution in [3.05, 3.63) is 40.6 Å². The predicted molar refractivity (Wildman–Crippen MR) is 90.4 cm³/mol. The van der Waals surface area contributed by atoms with Crippen molar-refractivity contribution in [3.8, 4) is 0 Å². The third kappa shape index (κ3) is 2.93. The third-order valence-corrected chi connectivity index (χ3v) is 5.72. The van der Waals surface area contributed by atoms with Gasteiger partial charge in [-0.05, 0) is 30.9 Å². The van der Waals surface area contributed by atoms with E-state index in [2.05, 4.69) is 20.2 Å². The molecule has 0 unspecified atom stereocenters. The molecule has 3 fully saturated rings. The zero-order valence-electron chi connectivity index (χ0n) is 13.4. The highest BCUT2D eigenvalue weighted by atomic mass is 32.1. The van der Waals surface area contributed by atoms with E-state index >= 15 is 0 Å². The standard InChI is InChI=1S/C17H22N4OS/c1-19-6-2-3-16(19)17(22)21-8-13-4-5-15(21)10-20(7-13)9-14-11-23-12-18-14/h2-3,6,11-13,15H,4-5,7-10H2,1H3/t13-,15+/m0/s1. The number of carbonyl (C=O) groups is 1. The van der Waals surface area contributed by atoms with Gasteiger partial charge in [0.25, 0.3) is 5.91 Å². The van der Waals surface area contributed by atoms with E-state index in [4.69, 9.17) is 0 Å². The second-order valence-corrected chi connectivity index (χ2v) is 7.45. The molecule has 2 bridgehead atoms. The second kappa shape index (κ2) is 6.09. The Morgan fingerprint density at radius 2 is 2.26 bits per heavy atom. The molecule has 0 N–H and O–H groups in total. The zero-order chi connectivity index (χ0) is 15.8. The molecule has 1 amide bonds. The number of rotatable bonds is 3. The van der Waals surface area contributed by atoms with Crippen molar-refractivity contribution in [2.45, 2.75) is 25.4 Å². The monoisotopic (exact) mass is 330 g/mol. The van der Waals surface area contributed by atoms with Crippen LogP contribution in [0.15, 0.2) is 29.2 Å². The maximum atomic E-state index is 12.9. The molecule has 23 heavy (non-hydrogen) atoms. The van der Waals surface area contributed by atoms with Gasteiger partial charge in [0.2, 0.25) is 0 Å². The highest BCUT2D eigenvalue weighted by molar-refractivity contribution is 7.07. The number of hydrogen-bond donors (Lipinski definition) is 0. The lowest BCUT2D eigenvalue weighted by atomic mass is 9.94. The van der Waals surface area contributed by atoms with Gasteiger partial charge in [-0.1, -0.05) is 0 Å². The number of fused-ring (bicyclic) bond motifs is 4. The molecule has 3 aliphatic heterocycles. The van der Waals surface area contributed by atoms with Crippen molar-refractivity contribution >= 4 is 17.2 Å². The van der Waals surface area contributed by atoms with Crippen LogP contribution in [0.25, 0.3) is 0 Å². The van der Waals surface area contributed by atoms with Crippen molar-refractivity contribution in [2.24, 2.45) is 13.0 Å². The van der Waals surface area contributed by atoms with Gasteiger partial charge in [0.1, 0.15) is 5.69 Å². The summed E-state index contributed by atoms with van der Waals surface area (Å²) in [7, 11) is 1.94. The van der Waals surface area contributed by atoms with Gasteiger partial charge < -0.3 is 9.47 Å². The van der Waals surface area contributed by atoms with Gasteiger partial charge >= 0.3 is 0 Å². The molecule has 5 heterocycles. The van der Waals surface area contributed by atoms with Gasteiger partial charge in [0.15, 0.2) is 0 Å². The number of piperidine rings is 1. The second-order valence-electron chi connectivity index (χ2n) is 6.73. The van der Waals surface area contributed by atoms with E-state index < -0.39 is 0 Å². The minimum Gasteiger partial charge on any atom is -0.347 e. The summed E-state index contributed by atoms with van der Waals surface area (Å²) in [6, 6.07) is 4.20. The van der Waals surface area contributed by atoms with Crippen LogP contribution in [-0.2, 0) is 13.6 Å². The summed E-state index contributed by atoms with van der Waals surface area (Å²) < 4.78 is 1.92. The van der Waals surface area contributed by atoms with E-state index in [-0.39, 0.29) is 5.91 Å².